The van der Waals surface area contributed by atoms with Crippen LogP contribution in [0.4, 0.5) is 5.82 Å². The van der Waals surface area contributed by atoms with Gasteiger partial charge < -0.3 is 10.4 Å². The predicted octanol–water partition coefficient (Wildman–Crippen LogP) is 6.89. The quantitative estimate of drug-likeness (QED) is 0.105. The molecule has 1 aromatic carbocycles. The Morgan fingerprint density at radius 2 is 1.70 bits per heavy atom. The van der Waals surface area contributed by atoms with Crippen molar-refractivity contribution in [2.75, 3.05) is 18.4 Å². The number of carboxylic acid groups (broad SMARTS) is 1. The molecule has 8 nitrogen and oxygen atoms in total. The van der Waals surface area contributed by atoms with Crippen LogP contribution < -0.4 is 10.9 Å². The number of unbranched alkanes of at least 4 members (excludes halogenated alkanes) is 7. The number of nitriles is 1. The normalized spacial score (nSPS) is 14.0. The number of hydrogen-bond donors (Lipinski definition) is 2. The van der Waals surface area contributed by atoms with Crippen LogP contribution in [-0.4, -0.2) is 43.9 Å². The van der Waals surface area contributed by atoms with Crippen molar-refractivity contribution < 1.29 is 14.7 Å². The Bertz CT molecular complexity index is 1410. The van der Waals surface area contributed by atoms with Gasteiger partial charge in [-0.3, -0.25) is 23.9 Å². The molecule has 1 amide bonds. The summed E-state index contributed by atoms with van der Waals surface area (Å²) in [5, 5.41) is 22.0. The van der Waals surface area contributed by atoms with E-state index in [1.165, 1.54) is 17.3 Å². The molecular weight excluding hydrogens is 581 g/mol. The number of carbonyl (C=O) groups is 2. The van der Waals surface area contributed by atoms with Gasteiger partial charge in [-0.15, -0.1) is 0 Å². The highest BCUT2D eigenvalue weighted by Crippen LogP contribution is 2.35. The van der Waals surface area contributed by atoms with Gasteiger partial charge in [-0.1, -0.05) is 99.8 Å². The number of carbonyl (C=O) groups excluding carboxylic acids is 1. The SMILES string of the molecule is CCCn1c(NCCc2ccccc2)c(/C=C2/SC(=S)N(CCCCCCCCCCC(=O)O)C2=O)c(C)c(C#N)c1=O. The highest BCUT2D eigenvalue weighted by atomic mass is 32.2. The number of anilines is 1. The van der Waals surface area contributed by atoms with E-state index in [9.17, 15) is 19.6 Å². The van der Waals surface area contributed by atoms with Crippen LogP contribution in [0.2, 0.25) is 0 Å². The van der Waals surface area contributed by atoms with Crippen LogP contribution in [0.3, 0.4) is 0 Å². The van der Waals surface area contributed by atoms with Crippen LogP contribution >= 0.6 is 24.0 Å². The highest BCUT2D eigenvalue weighted by Gasteiger charge is 2.32. The van der Waals surface area contributed by atoms with E-state index in [1.807, 2.05) is 25.1 Å². The predicted molar refractivity (Wildman–Crippen MR) is 178 cm³/mol. The zero-order valence-corrected chi connectivity index (χ0v) is 26.8. The van der Waals surface area contributed by atoms with Crippen LogP contribution in [0.1, 0.15) is 93.4 Å². The lowest BCUT2D eigenvalue weighted by Crippen LogP contribution is -2.29. The molecule has 2 heterocycles. The minimum absolute atomic E-state index is 0.0886. The molecule has 0 unspecified atom stereocenters. The van der Waals surface area contributed by atoms with Gasteiger partial charge in [-0.05, 0) is 49.8 Å². The second-order valence-electron chi connectivity index (χ2n) is 10.8. The topological polar surface area (TPSA) is 115 Å². The van der Waals surface area contributed by atoms with Crippen LogP contribution in [0, 0.1) is 18.3 Å². The van der Waals surface area contributed by atoms with Gasteiger partial charge in [0.2, 0.25) is 0 Å². The molecule has 2 aromatic rings. The number of aliphatic carboxylic acids is 1. The number of amides is 1. The summed E-state index contributed by atoms with van der Waals surface area (Å²) in [6.45, 7) is 5.34. The van der Waals surface area contributed by atoms with Crippen LogP contribution in [0.5, 0.6) is 0 Å². The fourth-order valence-corrected chi connectivity index (χ4v) is 6.48. The summed E-state index contributed by atoms with van der Waals surface area (Å²) in [6, 6.07) is 12.2. The Hall–Kier alpha value is -3.42. The average Bonchev–Trinajstić information content (AvgIpc) is 3.25. The number of thiocarbonyl (C=S) groups is 1. The molecule has 0 bridgehead atoms. The lowest BCUT2D eigenvalue weighted by molar-refractivity contribution is -0.137. The van der Waals surface area contributed by atoms with E-state index in [2.05, 4.69) is 23.5 Å². The first-order valence-electron chi connectivity index (χ1n) is 15.2. The first-order chi connectivity index (χ1) is 20.8. The van der Waals surface area contributed by atoms with Gasteiger partial charge in [0.15, 0.2) is 0 Å². The van der Waals surface area contributed by atoms with Crippen molar-refractivity contribution in [2.24, 2.45) is 0 Å². The van der Waals surface area contributed by atoms with Gasteiger partial charge in [0.1, 0.15) is 21.8 Å². The van der Waals surface area contributed by atoms with Gasteiger partial charge >= 0.3 is 5.97 Å². The third-order valence-electron chi connectivity index (χ3n) is 7.54. The lowest BCUT2D eigenvalue weighted by atomic mass is 10.0. The molecule has 0 saturated carbocycles. The molecule has 1 fully saturated rings. The number of pyridine rings is 1. The second kappa shape index (κ2) is 17.6. The number of aromatic nitrogens is 1. The van der Waals surface area contributed by atoms with Gasteiger partial charge in [0.25, 0.3) is 11.5 Å². The Morgan fingerprint density at radius 1 is 1.05 bits per heavy atom. The molecule has 1 aliphatic rings. The molecule has 0 atom stereocenters. The summed E-state index contributed by atoms with van der Waals surface area (Å²) in [5.41, 5.74) is 2.15. The number of nitrogens with one attached hydrogen (secondary N) is 1. The molecule has 1 aliphatic heterocycles. The van der Waals surface area contributed by atoms with E-state index in [1.54, 1.807) is 22.5 Å². The number of benzene rings is 1. The summed E-state index contributed by atoms with van der Waals surface area (Å²) < 4.78 is 2.14. The maximum Gasteiger partial charge on any atom is 0.303 e. The molecule has 0 radical (unpaired) electrons. The lowest BCUT2D eigenvalue weighted by Gasteiger charge is -2.20. The van der Waals surface area contributed by atoms with E-state index < -0.39 is 5.97 Å². The van der Waals surface area contributed by atoms with Crippen molar-refractivity contribution >= 4 is 52.1 Å². The summed E-state index contributed by atoms with van der Waals surface area (Å²) in [4.78, 5) is 39.4. The zero-order chi connectivity index (χ0) is 31.2. The number of thioether (sulfide) groups is 1. The van der Waals surface area contributed by atoms with Crippen LogP contribution in [0.25, 0.3) is 6.08 Å². The second-order valence-corrected chi connectivity index (χ2v) is 12.5. The smallest absolute Gasteiger partial charge is 0.303 e. The molecule has 43 heavy (non-hydrogen) atoms. The van der Waals surface area contributed by atoms with Crippen molar-refractivity contribution in [1.82, 2.24) is 9.47 Å². The van der Waals surface area contributed by atoms with Crippen molar-refractivity contribution in [3.63, 3.8) is 0 Å². The number of rotatable bonds is 18. The van der Waals surface area contributed by atoms with Gasteiger partial charge in [0, 0.05) is 31.6 Å². The molecule has 1 aromatic heterocycles. The molecule has 1 saturated heterocycles. The molecule has 3 rings (SSSR count). The third-order valence-corrected chi connectivity index (χ3v) is 8.92. The molecule has 0 spiro atoms. The fraction of sp³-hybridized carbons (Fsp3) is 0.485. The van der Waals surface area contributed by atoms with E-state index in [0.29, 0.717) is 52.2 Å². The summed E-state index contributed by atoms with van der Waals surface area (Å²) in [6.07, 6.45) is 11.3. The van der Waals surface area contributed by atoms with Crippen LogP contribution in [-0.2, 0) is 22.6 Å². The summed E-state index contributed by atoms with van der Waals surface area (Å²) in [7, 11) is 0. The summed E-state index contributed by atoms with van der Waals surface area (Å²) >= 11 is 6.84. The first kappa shape index (κ1) is 34.1. The van der Waals surface area contributed by atoms with Crippen molar-refractivity contribution in [2.45, 2.75) is 91.0 Å². The standard InChI is InChI=1S/C33H42N4O4S2/c1-3-20-36-30(35-19-18-25-15-11-10-12-16-25)26(24(2)27(23-34)31(36)40)22-28-32(41)37(33(42)43-28)21-14-9-7-5-4-6-8-13-17-29(38)39/h10-12,15-16,22,35H,3-9,13-14,17-21H2,1-2H3,(H,38,39)/b28-22+. The van der Waals surface area contributed by atoms with Crippen LogP contribution in [0.15, 0.2) is 40.0 Å². The zero-order valence-electron chi connectivity index (χ0n) is 25.2. The highest BCUT2D eigenvalue weighted by molar-refractivity contribution is 8.26. The average molecular weight is 623 g/mol. The Kier molecular flexibility index (Phi) is 14.0. The maximum absolute atomic E-state index is 13.4. The number of hydrogen-bond acceptors (Lipinski definition) is 7. The minimum Gasteiger partial charge on any atom is -0.481 e. The number of carboxylic acids is 1. The third kappa shape index (κ3) is 9.80. The minimum atomic E-state index is -0.732. The van der Waals surface area contributed by atoms with Gasteiger partial charge in [-0.25, -0.2) is 0 Å². The Labute approximate surface area is 264 Å². The molecule has 230 valence electrons. The fourth-order valence-electron chi connectivity index (χ4n) is 5.19. The molecule has 10 heteroatoms. The largest absolute Gasteiger partial charge is 0.481 e. The van der Waals surface area contributed by atoms with Gasteiger partial charge in [0.05, 0.1) is 4.91 Å². The first-order valence-corrected chi connectivity index (χ1v) is 16.4. The monoisotopic (exact) mass is 622 g/mol. The van der Waals surface area contributed by atoms with Crippen molar-refractivity contribution in [3.8, 4) is 6.07 Å². The van der Waals surface area contributed by atoms with E-state index >= 15 is 0 Å². The summed E-state index contributed by atoms with van der Waals surface area (Å²) in [5.74, 6) is -0.258. The van der Waals surface area contributed by atoms with E-state index in [-0.39, 0.29) is 23.5 Å². The number of nitrogens with zero attached hydrogens (tertiary/aromatic N) is 3. The Balaban J connectivity index is 1.70. The van der Waals surface area contributed by atoms with Crippen molar-refractivity contribution in [3.05, 3.63) is 67.8 Å². The molecule has 2 N–H and O–H groups in total. The van der Waals surface area contributed by atoms with Gasteiger partial charge in [-0.2, -0.15) is 5.26 Å². The maximum atomic E-state index is 13.4. The van der Waals surface area contributed by atoms with Crippen molar-refractivity contribution in [1.29, 1.82) is 5.26 Å². The van der Waals surface area contributed by atoms with E-state index in [4.69, 9.17) is 17.3 Å². The van der Waals surface area contributed by atoms with E-state index in [0.717, 1.165) is 57.8 Å². The Morgan fingerprint density at radius 3 is 2.33 bits per heavy atom. The molecular formula is C33H42N4O4S2. The molecule has 0 aliphatic carbocycles.